The molecular formula is C18H30N6O5. The van der Waals surface area contributed by atoms with Crippen LogP contribution in [-0.4, -0.2) is 69.4 Å². The van der Waals surface area contributed by atoms with Crippen molar-refractivity contribution in [3.05, 3.63) is 11.4 Å². The second-order valence-electron chi connectivity index (χ2n) is 7.69. The minimum atomic E-state index is -0.556. The Kier molecular flexibility index (Phi) is 7.94. The van der Waals surface area contributed by atoms with Crippen LogP contribution in [0.3, 0.4) is 0 Å². The third-order valence-corrected chi connectivity index (χ3v) is 5.24. The van der Waals surface area contributed by atoms with E-state index in [1.165, 1.54) is 0 Å². The molecule has 2 fully saturated rings. The van der Waals surface area contributed by atoms with Gasteiger partial charge in [0.05, 0.1) is 6.54 Å². The van der Waals surface area contributed by atoms with Crippen LogP contribution in [0.2, 0.25) is 0 Å². The fourth-order valence-electron chi connectivity index (χ4n) is 4.00. The van der Waals surface area contributed by atoms with Crippen molar-refractivity contribution in [2.75, 3.05) is 13.1 Å². The van der Waals surface area contributed by atoms with Gasteiger partial charge in [-0.25, -0.2) is 9.42 Å². The molecule has 2 atom stereocenters. The molecule has 162 valence electrons. The third kappa shape index (κ3) is 5.66. The van der Waals surface area contributed by atoms with Crippen LogP contribution in [0.5, 0.6) is 0 Å². The molecule has 0 unspecified atom stereocenters. The molecule has 29 heavy (non-hydrogen) atoms. The summed E-state index contributed by atoms with van der Waals surface area (Å²) in [4.78, 5) is 35.7. The lowest BCUT2D eigenvalue weighted by molar-refractivity contribution is -0.134. The molecule has 3 amide bonds. The predicted molar refractivity (Wildman–Crippen MR) is 103 cm³/mol. The summed E-state index contributed by atoms with van der Waals surface area (Å²) in [5, 5.41) is 23.3. The topological polar surface area (TPSA) is 150 Å². The van der Waals surface area contributed by atoms with Gasteiger partial charge in [0, 0.05) is 18.6 Å². The van der Waals surface area contributed by atoms with Crippen LogP contribution in [0, 0.1) is 6.92 Å². The van der Waals surface area contributed by atoms with Gasteiger partial charge >= 0.3 is 6.03 Å². The van der Waals surface area contributed by atoms with Gasteiger partial charge in [0.25, 0.3) is 6.47 Å². The predicted octanol–water partition coefficient (Wildman–Crippen LogP) is 0.400. The molecule has 0 bridgehead atoms. The van der Waals surface area contributed by atoms with E-state index in [-0.39, 0.29) is 30.5 Å². The van der Waals surface area contributed by atoms with E-state index >= 15 is 0 Å². The summed E-state index contributed by atoms with van der Waals surface area (Å²) in [6, 6.07) is -0.131. The normalized spacial score (nSPS) is 23.5. The number of aromatic nitrogens is 2. The Labute approximate surface area is 169 Å². The maximum absolute atomic E-state index is 13.1. The number of carbonyl (C=O) groups is 3. The van der Waals surface area contributed by atoms with Crippen molar-refractivity contribution < 1.29 is 24.1 Å². The summed E-state index contributed by atoms with van der Waals surface area (Å²) in [6.07, 6.45) is 3.52. The number of aryl methyl sites for hydroxylation is 1. The van der Waals surface area contributed by atoms with Crippen molar-refractivity contribution in [2.24, 2.45) is 0 Å². The van der Waals surface area contributed by atoms with Crippen LogP contribution in [0.25, 0.3) is 0 Å². The molecule has 4 N–H and O–H groups in total. The second-order valence-corrected chi connectivity index (χ2v) is 7.69. The Bertz CT molecular complexity index is 709. The van der Waals surface area contributed by atoms with E-state index in [0.29, 0.717) is 30.9 Å². The number of hydrogen-bond donors (Lipinski definition) is 4. The van der Waals surface area contributed by atoms with Crippen LogP contribution < -0.4 is 16.0 Å². The molecule has 11 heteroatoms. The first kappa shape index (κ1) is 22.6. The lowest BCUT2D eigenvalue weighted by Crippen LogP contribution is -2.57. The maximum Gasteiger partial charge on any atom is 0.315 e. The Morgan fingerprint density at radius 2 is 2.10 bits per heavy atom. The van der Waals surface area contributed by atoms with Crippen molar-refractivity contribution >= 4 is 18.4 Å². The number of carboxylic acid groups (broad SMARTS) is 1. The first-order valence-electron chi connectivity index (χ1n) is 9.78. The van der Waals surface area contributed by atoms with Crippen LogP contribution in [0.1, 0.15) is 50.9 Å². The van der Waals surface area contributed by atoms with Gasteiger partial charge in [0.1, 0.15) is 16.9 Å². The molecule has 2 aliphatic rings. The number of fused-ring (bicyclic) bond motifs is 1. The lowest BCUT2D eigenvalue weighted by atomic mass is 9.84. The molecule has 1 aromatic heterocycles. The van der Waals surface area contributed by atoms with E-state index in [0.717, 1.165) is 25.8 Å². The second kappa shape index (κ2) is 10.2. The van der Waals surface area contributed by atoms with E-state index in [1.807, 2.05) is 13.8 Å². The molecule has 1 aromatic rings. The van der Waals surface area contributed by atoms with Gasteiger partial charge in [-0.2, -0.15) is 0 Å². The van der Waals surface area contributed by atoms with Gasteiger partial charge in [-0.15, -0.1) is 0 Å². The smallest absolute Gasteiger partial charge is 0.315 e. The summed E-state index contributed by atoms with van der Waals surface area (Å²) in [6.45, 7) is 7.27. The van der Waals surface area contributed by atoms with Gasteiger partial charge in [-0.1, -0.05) is 10.3 Å². The Hall–Kier alpha value is -2.69. The average Bonchev–Trinajstić information content (AvgIpc) is 3.22. The van der Waals surface area contributed by atoms with Crippen molar-refractivity contribution in [1.29, 1.82) is 0 Å². The summed E-state index contributed by atoms with van der Waals surface area (Å²) >= 11 is 0. The van der Waals surface area contributed by atoms with Gasteiger partial charge in [-0.05, 0) is 53.0 Å². The summed E-state index contributed by atoms with van der Waals surface area (Å²) in [5.41, 5.74) is 0.764. The highest BCUT2D eigenvalue weighted by Gasteiger charge is 2.52. The molecule has 3 heterocycles. The number of nitrogens with zero attached hydrogens (tertiary/aromatic N) is 3. The fraction of sp³-hybridized carbons (Fsp3) is 0.722. The van der Waals surface area contributed by atoms with E-state index in [4.69, 9.17) is 9.90 Å². The van der Waals surface area contributed by atoms with E-state index in [9.17, 15) is 9.59 Å². The summed E-state index contributed by atoms with van der Waals surface area (Å²) in [7, 11) is 0. The zero-order valence-electron chi connectivity index (χ0n) is 17.1. The van der Waals surface area contributed by atoms with E-state index in [1.54, 1.807) is 6.92 Å². The van der Waals surface area contributed by atoms with Crippen LogP contribution in [0.15, 0.2) is 4.63 Å². The molecule has 2 aliphatic heterocycles. The number of nitrogens with one attached hydrogen (secondary N) is 3. The van der Waals surface area contributed by atoms with E-state index in [2.05, 4.69) is 35.8 Å². The minimum absolute atomic E-state index is 0.00633. The van der Waals surface area contributed by atoms with Crippen LogP contribution in [0.4, 0.5) is 4.79 Å². The van der Waals surface area contributed by atoms with Crippen molar-refractivity contribution in [3.63, 3.8) is 0 Å². The highest BCUT2D eigenvalue weighted by atomic mass is 16.6. The SMILES string of the molecule is Cc1nonc1CNC(=O)[C@@]12CCCCN1C[C@@H](NC(=O)NC(C)C)C2.O=CO. The highest BCUT2D eigenvalue weighted by molar-refractivity contribution is 5.87. The number of rotatable bonds is 5. The molecule has 3 rings (SSSR count). The van der Waals surface area contributed by atoms with Gasteiger partial charge in [-0.3, -0.25) is 14.5 Å². The molecule has 0 spiro atoms. The number of hydrogen-bond acceptors (Lipinski definition) is 7. The monoisotopic (exact) mass is 410 g/mol. The number of carbonyl (C=O) groups excluding carboxylic acids is 2. The Morgan fingerprint density at radius 3 is 2.72 bits per heavy atom. The van der Waals surface area contributed by atoms with Gasteiger partial charge < -0.3 is 21.1 Å². The first-order valence-corrected chi connectivity index (χ1v) is 9.78. The molecular weight excluding hydrogens is 380 g/mol. The Morgan fingerprint density at radius 1 is 1.38 bits per heavy atom. The van der Waals surface area contributed by atoms with Crippen molar-refractivity contribution in [2.45, 2.75) is 70.6 Å². The quantitative estimate of drug-likeness (QED) is 0.510. The third-order valence-electron chi connectivity index (χ3n) is 5.24. The van der Waals surface area contributed by atoms with Gasteiger partial charge in [0.15, 0.2) is 0 Å². The minimum Gasteiger partial charge on any atom is -0.483 e. The summed E-state index contributed by atoms with van der Waals surface area (Å²) < 4.78 is 4.68. The van der Waals surface area contributed by atoms with Crippen LogP contribution >= 0.6 is 0 Å². The number of piperidine rings is 1. The Balaban J connectivity index is 0.000000941. The largest absolute Gasteiger partial charge is 0.483 e. The number of amides is 3. The standard InChI is InChI=1S/C17H28N6O3.CH2O2/c1-11(2)19-16(25)20-13-8-17(6-4-5-7-23(17)10-13)15(24)18-9-14-12(3)21-26-22-14;2-1-3/h11,13H,4-10H2,1-3H3,(H,18,24)(H2,19,20,25);1H,(H,2,3)/t13-,17-;/m0./s1. The molecule has 2 saturated heterocycles. The fourth-order valence-corrected chi connectivity index (χ4v) is 4.00. The molecule has 11 nitrogen and oxygen atoms in total. The van der Waals surface area contributed by atoms with Crippen LogP contribution in [-0.2, 0) is 16.1 Å². The number of urea groups is 1. The lowest BCUT2D eigenvalue weighted by Gasteiger charge is -2.40. The first-order chi connectivity index (χ1) is 13.8. The van der Waals surface area contributed by atoms with Crippen molar-refractivity contribution in [3.8, 4) is 0 Å². The zero-order chi connectivity index (χ0) is 21.4. The van der Waals surface area contributed by atoms with E-state index < -0.39 is 5.54 Å². The molecule has 0 saturated carbocycles. The molecule has 0 aliphatic carbocycles. The van der Waals surface area contributed by atoms with Gasteiger partial charge in [0.2, 0.25) is 5.91 Å². The zero-order valence-corrected chi connectivity index (χ0v) is 17.1. The highest BCUT2D eigenvalue weighted by Crippen LogP contribution is 2.38. The summed E-state index contributed by atoms with van der Waals surface area (Å²) in [5.74, 6) is -0.00633. The van der Waals surface area contributed by atoms with Crippen molar-refractivity contribution in [1.82, 2.24) is 31.2 Å². The maximum atomic E-state index is 13.1. The molecule has 0 radical (unpaired) electrons. The molecule has 0 aromatic carbocycles. The average molecular weight is 410 g/mol.